The normalized spacial score (nSPS) is 13.3. The van der Waals surface area contributed by atoms with E-state index < -0.39 is 58.9 Å². The number of carbonyl (C=O) groups excluding carboxylic acids is 6. The molecular formula is C52H68F5N5O12S. The van der Waals surface area contributed by atoms with Crippen LogP contribution in [0.4, 0.5) is 22.0 Å². The summed E-state index contributed by atoms with van der Waals surface area (Å²) in [6.45, 7) is 9.22. The highest BCUT2D eigenvalue weighted by molar-refractivity contribution is 7.99. The van der Waals surface area contributed by atoms with Crippen molar-refractivity contribution >= 4 is 52.9 Å². The number of carbonyl (C=O) groups is 7. The zero-order chi connectivity index (χ0) is 55.6. The highest BCUT2D eigenvalue weighted by atomic mass is 32.2. The number of amides is 4. The number of alkyl halides is 3. The molecule has 1 aromatic heterocycles. The van der Waals surface area contributed by atoms with Crippen LogP contribution in [0.15, 0.2) is 72.9 Å². The Bertz CT molecular complexity index is 2340. The summed E-state index contributed by atoms with van der Waals surface area (Å²) in [6, 6.07) is 14.3. The zero-order valence-electron chi connectivity index (χ0n) is 42.7. The minimum absolute atomic E-state index is 0.00701. The third kappa shape index (κ3) is 22.9. The number of aromatic nitrogens is 1. The Labute approximate surface area is 437 Å². The van der Waals surface area contributed by atoms with Crippen LogP contribution in [0.1, 0.15) is 70.2 Å². The number of imide groups is 1. The van der Waals surface area contributed by atoms with Crippen molar-refractivity contribution in [1.29, 1.82) is 0 Å². The maximum atomic E-state index is 15.3. The SMILES string of the molecule is COCCOCCOCCOCCC(=O)C[C@@H](CSCC(=O)N(CCCN)[C@@H](c1cc(-c2cc(F)ccc2F)cn1Cc1ccccc1)C(C)(C)C)C(=O)NCCCC(=O)CN1C(=O)C=CC1=O.O=C(O)C(F)(F)F. The second-order valence-corrected chi connectivity index (χ2v) is 19.3. The van der Waals surface area contributed by atoms with Crippen molar-refractivity contribution in [3.63, 3.8) is 0 Å². The predicted molar refractivity (Wildman–Crippen MR) is 269 cm³/mol. The fourth-order valence-corrected chi connectivity index (χ4v) is 8.61. The minimum Gasteiger partial charge on any atom is -0.475 e. The highest BCUT2D eigenvalue weighted by Crippen LogP contribution is 2.41. The van der Waals surface area contributed by atoms with Crippen LogP contribution in [0, 0.1) is 23.0 Å². The van der Waals surface area contributed by atoms with Gasteiger partial charge in [-0.3, -0.25) is 33.7 Å². The number of rotatable bonds is 33. The van der Waals surface area contributed by atoms with E-state index in [1.54, 1.807) is 18.2 Å². The van der Waals surface area contributed by atoms with Crippen molar-refractivity contribution in [2.75, 3.05) is 91.0 Å². The molecule has 0 radical (unpaired) electrons. The van der Waals surface area contributed by atoms with Crippen LogP contribution in [0.25, 0.3) is 11.1 Å². The third-order valence-electron chi connectivity index (χ3n) is 11.2. The Morgan fingerprint density at radius 1 is 0.827 bits per heavy atom. The molecule has 0 aliphatic carbocycles. The van der Waals surface area contributed by atoms with Crippen molar-refractivity contribution in [3.8, 4) is 11.1 Å². The maximum Gasteiger partial charge on any atom is 0.490 e. The lowest BCUT2D eigenvalue weighted by molar-refractivity contribution is -0.192. The van der Waals surface area contributed by atoms with Gasteiger partial charge in [0.15, 0.2) is 5.78 Å². The van der Waals surface area contributed by atoms with E-state index in [1.807, 2.05) is 61.7 Å². The number of Topliss-reactive ketones (excluding diaryl/α,β-unsaturated/α-hetero) is 2. The standard InChI is InChI=1S/C50H67F2N5O10S.C2HF3O2/c1-50(2,3)48(44-29-37(42-30-39(51)13-14-43(42)52)32-55(44)31-36-10-6-5-7-11-36)56(20-9-18-53)47(62)35-68-34-38(28-40(58)17-21-65-24-25-67-27-26-66-23-22-64-4)49(63)54-19-8-12-41(59)33-57-45(60)15-16-46(57)61;3-2(4,5)1(6)7/h5-7,10-11,13-16,29-30,32,38,48H,8-9,12,17-28,31,33-35,53H2,1-4H3,(H,54,63);(H,6,7)/t38-,48-;/m0./s1. The number of ketones is 2. The molecule has 4 rings (SSSR count). The number of ether oxygens (including phenoxy) is 4. The molecule has 0 saturated heterocycles. The fraction of sp³-hybridized carbons (Fsp3) is 0.519. The Kier molecular flexibility index (Phi) is 27.5. The summed E-state index contributed by atoms with van der Waals surface area (Å²) in [5.74, 6) is -7.01. The van der Waals surface area contributed by atoms with Crippen molar-refractivity contribution in [3.05, 3.63) is 95.8 Å². The Morgan fingerprint density at radius 2 is 1.44 bits per heavy atom. The molecule has 0 fully saturated rings. The first-order valence-electron chi connectivity index (χ1n) is 24.2. The van der Waals surface area contributed by atoms with E-state index in [1.165, 1.54) is 11.8 Å². The number of aliphatic carboxylic acids is 1. The molecule has 75 heavy (non-hydrogen) atoms. The maximum absolute atomic E-state index is 15.3. The van der Waals surface area contributed by atoms with Crippen molar-refractivity contribution in [2.45, 2.75) is 71.6 Å². The van der Waals surface area contributed by atoms with Gasteiger partial charge in [0.1, 0.15) is 17.4 Å². The summed E-state index contributed by atoms with van der Waals surface area (Å²) in [6.07, 6.45) is -0.437. The summed E-state index contributed by atoms with van der Waals surface area (Å²) in [7, 11) is 1.59. The lowest BCUT2D eigenvalue weighted by atomic mass is 9.83. The molecule has 3 aromatic rings. The van der Waals surface area contributed by atoms with Crippen LogP contribution in [0.3, 0.4) is 0 Å². The van der Waals surface area contributed by atoms with Gasteiger partial charge in [-0.25, -0.2) is 13.6 Å². The summed E-state index contributed by atoms with van der Waals surface area (Å²) in [5, 5.41) is 9.95. The number of halogens is 5. The van der Waals surface area contributed by atoms with E-state index in [4.69, 9.17) is 34.6 Å². The molecule has 0 bridgehead atoms. The molecule has 1 aliphatic heterocycles. The number of nitrogens with one attached hydrogen (secondary N) is 1. The van der Waals surface area contributed by atoms with Gasteiger partial charge in [-0.1, -0.05) is 51.1 Å². The number of methoxy groups -OCH3 is 1. The number of hydrogen-bond acceptors (Lipinski definition) is 13. The van der Waals surface area contributed by atoms with Gasteiger partial charge in [0.05, 0.1) is 70.5 Å². The molecular weight excluding hydrogens is 1010 g/mol. The molecule has 0 saturated carbocycles. The monoisotopic (exact) mass is 1080 g/mol. The molecule has 2 atom stereocenters. The van der Waals surface area contributed by atoms with E-state index in [0.29, 0.717) is 70.3 Å². The van der Waals surface area contributed by atoms with Gasteiger partial charge >= 0.3 is 12.1 Å². The lowest BCUT2D eigenvalue weighted by Crippen LogP contribution is -2.44. The third-order valence-corrected chi connectivity index (χ3v) is 12.3. The highest BCUT2D eigenvalue weighted by Gasteiger charge is 2.39. The van der Waals surface area contributed by atoms with Crippen LogP contribution >= 0.6 is 11.8 Å². The molecule has 2 aromatic carbocycles. The molecule has 0 unspecified atom stereocenters. The van der Waals surface area contributed by atoms with E-state index in [2.05, 4.69) is 5.32 Å². The summed E-state index contributed by atoms with van der Waals surface area (Å²) < 4.78 is 84.9. The Morgan fingerprint density at radius 3 is 2.03 bits per heavy atom. The van der Waals surface area contributed by atoms with Gasteiger partial charge in [0.2, 0.25) is 11.8 Å². The summed E-state index contributed by atoms with van der Waals surface area (Å²) in [4.78, 5) is 89.3. The number of nitrogens with two attached hydrogens (primary N) is 1. The minimum atomic E-state index is -5.08. The van der Waals surface area contributed by atoms with E-state index >= 15 is 4.39 Å². The van der Waals surface area contributed by atoms with Gasteiger partial charge in [-0.15, -0.1) is 0 Å². The topological polar surface area (TPSA) is 226 Å². The van der Waals surface area contributed by atoms with Gasteiger partial charge in [-0.05, 0) is 54.6 Å². The number of hydrogen-bond donors (Lipinski definition) is 3. The predicted octanol–water partition coefficient (Wildman–Crippen LogP) is 6.16. The average Bonchev–Trinajstić information content (AvgIpc) is 3.90. The number of nitrogens with zero attached hydrogens (tertiary/aromatic N) is 3. The molecule has 0 spiro atoms. The van der Waals surface area contributed by atoms with Crippen LogP contribution in [0.5, 0.6) is 0 Å². The smallest absolute Gasteiger partial charge is 0.475 e. The van der Waals surface area contributed by atoms with Crippen LogP contribution in [0.2, 0.25) is 0 Å². The molecule has 4 amide bonds. The van der Waals surface area contributed by atoms with E-state index in [-0.39, 0.29) is 86.5 Å². The van der Waals surface area contributed by atoms with Crippen LogP contribution in [-0.2, 0) is 59.1 Å². The molecule has 1 aliphatic rings. The van der Waals surface area contributed by atoms with Crippen molar-refractivity contribution in [2.24, 2.45) is 17.1 Å². The quantitative estimate of drug-likeness (QED) is 0.0353. The zero-order valence-corrected chi connectivity index (χ0v) is 43.5. The summed E-state index contributed by atoms with van der Waals surface area (Å²) >= 11 is 1.22. The van der Waals surface area contributed by atoms with Gasteiger partial charge < -0.3 is 44.6 Å². The van der Waals surface area contributed by atoms with Crippen molar-refractivity contribution < 1.29 is 79.6 Å². The van der Waals surface area contributed by atoms with Gasteiger partial charge in [0, 0.05) is 86.9 Å². The first kappa shape index (κ1) is 63.4. The Hall–Kier alpha value is -5.85. The molecule has 23 heteroatoms. The second-order valence-electron chi connectivity index (χ2n) is 18.3. The number of carboxylic acids is 1. The summed E-state index contributed by atoms with van der Waals surface area (Å²) in [5.41, 5.74) is 7.68. The number of carboxylic acid groups (broad SMARTS) is 1. The Balaban J connectivity index is 0.00000197. The van der Waals surface area contributed by atoms with Crippen LogP contribution < -0.4 is 11.1 Å². The fourth-order valence-electron chi connectivity index (χ4n) is 7.60. The first-order valence-corrected chi connectivity index (χ1v) is 25.4. The average molecular weight is 1080 g/mol. The first-order chi connectivity index (χ1) is 35.6. The lowest BCUT2D eigenvalue weighted by Gasteiger charge is -2.41. The van der Waals surface area contributed by atoms with Crippen LogP contribution in [-0.4, -0.2) is 158 Å². The molecule has 414 valence electrons. The van der Waals surface area contributed by atoms with Crippen molar-refractivity contribution in [1.82, 2.24) is 19.7 Å². The van der Waals surface area contributed by atoms with E-state index in [9.17, 15) is 46.3 Å². The van der Waals surface area contributed by atoms with E-state index in [0.717, 1.165) is 40.8 Å². The second kappa shape index (κ2) is 32.6. The molecule has 17 nitrogen and oxygen atoms in total. The molecule has 2 heterocycles. The molecule has 4 N–H and O–H groups in total. The largest absolute Gasteiger partial charge is 0.490 e. The van der Waals surface area contributed by atoms with Gasteiger partial charge in [0.25, 0.3) is 11.8 Å². The number of thioether (sulfide) groups is 1. The van der Waals surface area contributed by atoms with Gasteiger partial charge in [-0.2, -0.15) is 24.9 Å². The number of benzene rings is 2.